The lowest BCUT2D eigenvalue weighted by molar-refractivity contribution is -0.140. The third-order valence-electron chi connectivity index (χ3n) is 4.62. The molecule has 0 aliphatic carbocycles. The molecule has 0 bridgehead atoms. The summed E-state index contributed by atoms with van der Waals surface area (Å²) < 4.78 is 15.1. The number of carbonyl (C=O) groups is 3. The molecule has 0 atom stereocenters. The Labute approximate surface area is 164 Å². The number of aryl methyl sites for hydroxylation is 1. The number of nitrogens with zero attached hydrogens (tertiary/aromatic N) is 2. The minimum absolute atomic E-state index is 0.0504. The van der Waals surface area contributed by atoms with Crippen LogP contribution < -0.4 is 4.90 Å². The Hall–Kier alpha value is -2.87. The highest BCUT2D eigenvalue weighted by Crippen LogP contribution is 2.30. The van der Waals surface area contributed by atoms with Crippen LogP contribution in [0.4, 0.5) is 5.69 Å². The Morgan fingerprint density at radius 2 is 1.75 bits per heavy atom. The molecule has 0 fully saturated rings. The van der Waals surface area contributed by atoms with Gasteiger partial charge in [-0.05, 0) is 44.5 Å². The van der Waals surface area contributed by atoms with Gasteiger partial charge in [-0.25, -0.2) is 9.59 Å². The van der Waals surface area contributed by atoms with Crippen LogP contribution in [0.25, 0.3) is 0 Å². The van der Waals surface area contributed by atoms with Crippen molar-refractivity contribution in [1.82, 2.24) is 4.90 Å². The molecule has 0 N–H and O–H groups in total. The zero-order valence-electron chi connectivity index (χ0n) is 16.9. The first-order valence-corrected chi connectivity index (χ1v) is 9.04. The van der Waals surface area contributed by atoms with Crippen LogP contribution in [0.2, 0.25) is 0 Å². The fourth-order valence-corrected chi connectivity index (χ4v) is 3.12. The third-order valence-corrected chi connectivity index (χ3v) is 4.62. The number of carbonyl (C=O) groups excluding carboxylic acids is 3. The first kappa shape index (κ1) is 21.4. The van der Waals surface area contributed by atoms with Gasteiger partial charge in [0.1, 0.15) is 12.4 Å². The maximum atomic E-state index is 12.6. The summed E-state index contributed by atoms with van der Waals surface area (Å²) in [5, 5.41) is 0. The molecule has 8 heteroatoms. The summed E-state index contributed by atoms with van der Waals surface area (Å²) >= 11 is 0. The molecule has 0 saturated heterocycles. The highest BCUT2D eigenvalue weighted by atomic mass is 16.5. The van der Waals surface area contributed by atoms with Crippen molar-refractivity contribution in [2.24, 2.45) is 0 Å². The molecule has 2 rings (SSSR count). The number of benzene rings is 1. The van der Waals surface area contributed by atoms with Crippen molar-refractivity contribution in [3.8, 4) is 0 Å². The minimum atomic E-state index is -0.661. The Balaban J connectivity index is 2.49. The van der Waals surface area contributed by atoms with Crippen LogP contribution in [-0.4, -0.2) is 63.4 Å². The Bertz CT molecular complexity index is 798. The lowest BCUT2D eigenvalue weighted by Gasteiger charge is -2.32. The second-order valence-corrected chi connectivity index (χ2v) is 6.19. The van der Waals surface area contributed by atoms with Crippen molar-refractivity contribution in [2.75, 3.05) is 45.5 Å². The van der Waals surface area contributed by atoms with E-state index in [0.717, 1.165) is 5.56 Å². The highest BCUT2D eigenvalue weighted by molar-refractivity contribution is 6.03. The van der Waals surface area contributed by atoms with Crippen molar-refractivity contribution in [1.29, 1.82) is 0 Å². The smallest absolute Gasteiger partial charge is 0.355 e. The predicted molar refractivity (Wildman–Crippen MR) is 103 cm³/mol. The Morgan fingerprint density at radius 3 is 2.29 bits per heavy atom. The highest BCUT2D eigenvalue weighted by Gasteiger charge is 2.33. The second kappa shape index (κ2) is 9.36. The topological polar surface area (TPSA) is 85.4 Å². The molecule has 1 aromatic carbocycles. The van der Waals surface area contributed by atoms with E-state index in [0.29, 0.717) is 24.3 Å². The standard InChI is InChI=1S/C20H26N2O6/c1-6-21(7-2)18(23)14-8-9-16(13(3)10-14)22-12-28-11-15(19(24)26-4)17(22)20(25)27-5/h8-10H,6-7,11-12H2,1-5H3. The van der Waals surface area contributed by atoms with Gasteiger partial charge >= 0.3 is 11.9 Å². The third kappa shape index (κ3) is 4.17. The van der Waals surface area contributed by atoms with Gasteiger partial charge in [0.2, 0.25) is 0 Å². The molecule has 0 saturated carbocycles. The van der Waals surface area contributed by atoms with Crippen LogP contribution in [0.5, 0.6) is 0 Å². The fourth-order valence-electron chi connectivity index (χ4n) is 3.12. The molecule has 0 unspecified atom stereocenters. The predicted octanol–water partition coefficient (Wildman–Crippen LogP) is 1.87. The summed E-state index contributed by atoms with van der Waals surface area (Å²) in [6.07, 6.45) is 0. The van der Waals surface area contributed by atoms with E-state index in [4.69, 9.17) is 14.2 Å². The average molecular weight is 390 g/mol. The van der Waals surface area contributed by atoms with Gasteiger partial charge in [0.25, 0.3) is 5.91 Å². The summed E-state index contributed by atoms with van der Waals surface area (Å²) in [5.74, 6) is -1.38. The number of amides is 1. The molecule has 1 aliphatic heterocycles. The van der Waals surface area contributed by atoms with Crippen LogP contribution >= 0.6 is 0 Å². The maximum Gasteiger partial charge on any atom is 0.355 e. The number of rotatable bonds is 6. The monoisotopic (exact) mass is 390 g/mol. The zero-order chi connectivity index (χ0) is 20.8. The number of esters is 2. The molecule has 1 aliphatic rings. The summed E-state index contributed by atoms with van der Waals surface area (Å²) in [5.41, 5.74) is 2.11. The van der Waals surface area contributed by atoms with Gasteiger partial charge in [-0.1, -0.05) is 0 Å². The first-order chi connectivity index (χ1) is 13.4. The van der Waals surface area contributed by atoms with Gasteiger partial charge in [-0.15, -0.1) is 0 Å². The largest absolute Gasteiger partial charge is 0.466 e. The second-order valence-electron chi connectivity index (χ2n) is 6.19. The zero-order valence-corrected chi connectivity index (χ0v) is 16.9. The molecule has 8 nitrogen and oxygen atoms in total. The van der Waals surface area contributed by atoms with Gasteiger partial charge in [0.05, 0.1) is 26.4 Å². The van der Waals surface area contributed by atoms with Crippen molar-refractivity contribution in [3.05, 3.63) is 40.6 Å². The Kier molecular flexibility index (Phi) is 7.17. The number of hydrogen-bond acceptors (Lipinski definition) is 7. The summed E-state index contributed by atoms with van der Waals surface area (Å²) in [7, 11) is 2.48. The van der Waals surface area contributed by atoms with Crippen molar-refractivity contribution in [2.45, 2.75) is 20.8 Å². The molecule has 28 heavy (non-hydrogen) atoms. The molecular weight excluding hydrogens is 364 g/mol. The van der Waals surface area contributed by atoms with Crippen LogP contribution in [0.1, 0.15) is 29.8 Å². The lowest BCUT2D eigenvalue weighted by atomic mass is 10.1. The summed E-state index contributed by atoms with van der Waals surface area (Å²) in [6.45, 7) is 6.93. The van der Waals surface area contributed by atoms with E-state index < -0.39 is 11.9 Å². The average Bonchev–Trinajstić information content (AvgIpc) is 2.72. The van der Waals surface area contributed by atoms with E-state index in [1.54, 1.807) is 28.0 Å². The maximum absolute atomic E-state index is 12.6. The van der Waals surface area contributed by atoms with Crippen molar-refractivity contribution < 1.29 is 28.6 Å². The molecular formula is C20H26N2O6. The van der Waals surface area contributed by atoms with Gasteiger partial charge in [-0.3, -0.25) is 4.79 Å². The van der Waals surface area contributed by atoms with E-state index in [9.17, 15) is 14.4 Å². The number of anilines is 1. The SMILES string of the molecule is CCN(CC)C(=O)c1ccc(N2COCC(C(=O)OC)=C2C(=O)OC)c(C)c1. The number of hydrogen-bond donors (Lipinski definition) is 0. The van der Waals surface area contributed by atoms with Crippen molar-refractivity contribution in [3.63, 3.8) is 0 Å². The van der Waals surface area contributed by atoms with Crippen LogP contribution in [-0.2, 0) is 23.8 Å². The van der Waals surface area contributed by atoms with Crippen molar-refractivity contribution >= 4 is 23.5 Å². The lowest BCUT2D eigenvalue weighted by Crippen LogP contribution is -2.39. The van der Waals surface area contributed by atoms with Crippen LogP contribution in [0, 0.1) is 6.92 Å². The van der Waals surface area contributed by atoms with E-state index in [2.05, 4.69) is 0 Å². The quantitative estimate of drug-likeness (QED) is 0.686. The molecule has 1 amide bonds. The van der Waals surface area contributed by atoms with E-state index in [-0.39, 0.29) is 30.5 Å². The van der Waals surface area contributed by atoms with Gasteiger partial charge in [0.15, 0.2) is 0 Å². The normalized spacial score (nSPS) is 14.0. The van der Waals surface area contributed by atoms with Gasteiger partial charge in [-0.2, -0.15) is 0 Å². The molecule has 0 radical (unpaired) electrons. The fraction of sp³-hybridized carbons (Fsp3) is 0.450. The van der Waals surface area contributed by atoms with Gasteiger partial charge < -0.3 is 24.0 Å². The van der Waals surface area contributed by atoms with Gasteiger partial charge in [0, 0.05) is 24.3 Å². The number of ether oxygens (including phenoxy) is 3. The van der Waals surface area contributed by atoms with E-state index in [1.165, 1.54) is 14.2 Å². The molecule has 152 valence electrons. The molecule has 1 aromatic rings. The first-order valence-electron chi connectivity index (χ1n) is 9.04. The van der Waals surface area contributed by atoms with E-state index in [1.807, 2.05) is 20.8 Å². The summed E-state index contributed by atoms with van der Waals surface area (Å²) in [6, 6.07) is 5.19. The molecule has 1 heterocycles. The van der Waals surface area contributed by atoms with E-state index >= 15 is 0 Å². The summed E-state index contributed by atoms with van der Waals surface area (Å²) in [4.78, 5) is 40.4. The van der Waals surface area contributed by atoms with Crippen LogP contribution in [0.15, 0.2) is 29.5 Å². The Morgan fingerprint density at radius 1 is 1.11 bits per heavy atom. The molecule has 0 aromatic heterocycles. The van der Waals surface area contributed by atoms with Crippen LogP contribution in [0.3, 0.4) is 0 Å². The molecule has 0 spiro atoms. The minimum Gasteiger partial charge on any atom is -0.466 e. The number of methoxy groups -OCH3 is 2.